The van der Waals surface area contributed by atoms with Gasteiger partial charge in [-0.2, -0.15) is 13.2 Å². The van der Waals surface area contributed by atoms with E-state index in [1.165, 1.54) is 13.2 Å². The minimum Gasteiger partial charge on any atom is -0.496 e. The van der Waals surface area contributed by atoms with Gasteiger partial charge in [-0.15, -0.1) is 0 Å². The van der Waals surface area contributed by atoms with Crippen molar-refractivity contribution in [3.63, 3.8) is 0 Å². The van der Waals surface area contributed by atoms with Crippen molar-refractivity contribution in [1.82, 2.24) is 0 Å². The summed E-state index contributed by atoms with van der Waals surface area (Å²) in [5, 5.41) is 0. The summed E-state index contributed by atoms with van der Waals surface area (Å²) < 4.78 is 44.3. The molecule has 0 aliphatic carbocycles. The molecule has 2 nitrogen and oxygen atoms in total. The number of alkyl halides is 3. The molecule has 6 heteroatoms. The molecule has 102 valence electrons. The van der Waals surface area contributed by atoms with Gasteiger partial charge < -0.3 is 10.5 Å². The number of nitrogens with two attached hydrogens (primary N) is 1. The van der Waals surface area contributed by atoms with Crippen molar-refractivity contribution in [2.24, 2.45) is 5.73 Å². The van der Waals surface area contributed by atoms with Gasteiger partial charge in [0.2, 0.25) is 0 Å². The molecule has 0 saturated heterocycles. The first-order valence-electron chi connectivity index (χ1n) is 5.27. The van der Waals surface area contributed by atoms with E-state index in [2.05, 4.69) is 15.9 Å². The van der Waals surface area contributed by atoms with Gasteiger partial charge in [-0.25, -0.2) is 0 Å². The molecular weight excluding hydrogens is 311 g/mol. The minimum absolute atomic E-state index is 0.129. The lowest BCUT2D eigenvalue weighted by Crippen LogP contribution is -2.35. The van der Waals surface area contributed by atoms with Crippen LogP contribution in [-0.4, -0.2) is 12.6 Å². The summed E-state index contributed by atoms with van der Waals surface area (Å²) in [7, 11) is 1.33. The minimum atomic E-state index is -4.42. The topological polar surface area (TPSA) is 35.2 Å². The molecular formula is C12H15BrF3NO. The standard InChI is InChI=1S/C12H15BrF3NO/c1-11(2,17)6-7-4-9(13)10(18-3)5-8(7)12(14,15)16/h4-5H,6,17H2,1-3H3. The van der Waals surface area contributed by atoms with Crippen LogP contribution in [0.2, 0.25) is 0 Å². The van der Waals surface area contributed by atoms with Crippen LogP contribution >= 0.6 is 15.9 Å². The molecule has 2 N–H and O–H groups in total. The second-order valence-corrected chi connectivity index (χ2v) is 5.66. The van der Waals surface area contributed by atoms with Gasteiger partial charge >= 0.3 is 6.18 Å². The van der Waals surface area contributed by atoms with Crippen LogP contribution in [0.15, 0.2) is 16.6 Å². The summed E-state index contributed by atoms with van der Waals surface area (Å²) in [5.41, 5.74) is 4.52. The number of methoxy groups -OCH3 is 1. The molecule has 1 aromatic carbocycles. The Morgan fingerprint density at radius 2 is 1.83 bits per heavy atom. The van der Waals surface area contributed by atoms with Gasteiger partial charge in [0, 0.05) is 5.54 Å². The summed E-state index contributed by atoms with van der Waals surface area (Å²) in [6, 6.07) is 2.40. The highest BCUT2D eigenvalue weighted by Gasteiger charge is 2.35. The average molecular weight is 326 g/mol. The Kier molecular flexibility index (Phi) is 4.33. The lowest BCUT2D eigenvalue weighted by molar-refractivity contribution is -0.138. The fourth-order valence-electron chi connectivity index (χ4n) is 1.65. The largest absolute Gasteiger partial charge is 0.496 e. The summed E-state index contributed by atoms with van der Waals surface area (Å²) in [6.07, 6.45) is -4.29. The van der Waals surface area contributed by atoms with Crippen molar-refractivity contribution in [1.29, 1.82) is 0 Å². The number of benzene rings is 1. The highest BCUT2D eigenvalue weighted by molar-refractivity contribution is 9.10. The van der Waals surface area contributed by atoms with Crippen molar-refractivity contribution in [2.45, 2.75) is 32.0 Å². The van der Waals surface area contributed by atoms with Crippen LogP contribution in [0.1, 0.15) is 25.0 Å². The molecule has 0 amide bonds. The van der Waals surface area contributed by atoms with E-state index in [9.17, 15) is 13.2 Å². The predicted molar refractivity (Wildman–Crippen MR) is 67.7 cm³/mol. The van der Waals surface area contributed by atoms with Crippen molar-refractivity contribution >= 4 is 15.9 Å². The predicted octanol–water partition coefficient (Wildman–Crippen LogP) is 3.76. The lowest BCUT2D eigenvalue weighted by atomic mass is 9.92. The van der Waals surface area contributed by atoms with E-state index in [1.807, 2.05) is 0 Å². The van der Waals surface area contributed by atoms with Gasteiger partial charge in [0.1, 0.15) is 5.75 Å². The van der Waals surface area contributed by atoms with Crippen LogP contribution in [0.4, 0.5) is 13.2 Å². The Morgan fingerprint density at radius 1 is 1.28 bits per heavy atom. The highest BCUT2D eigenvalue weighted by Crippen LogP contribution is 2.38. The zero-order chi connectivity index (χ0) is 14.1. The van der Waals surface area contributed by atoms with Crippen molar-refractivity contribution in [2.75, 3.05) is 7.11 Å². The molecule has 0 fully saturated rings. The second kappa shape index (κ2) is 5.09. The molecule has 0 heterocycles. The van der Waals surface area contributed by atoms with E-state index in [4.69, 9.17) is 10.5 Å². The molecule has 0 bridgehead atoms. The maximum Gasteiger partial charge on any atom is 0.416 e. The first kappa shape index (κ1) is 15.3. The number of rotatable bonds is 3. The molecule has 1 rings (SSSR count). The molecule has 18 heavy (non-hydrogen) atoms. The zero-order valence-electron chi connectivity index (χ0n) is 10.4. The Labute approximate surface area is 112 Å². The summed E-state index contributed by atoms with van der Waals surface area (Å²) in [6.45, 7) is 3.37. The highest BCUT2D eigenvalue weighted by atomic mass is 79.9. The molecule has 0 aliphatic heterocycles. The van der Waals surface area contributed by atoms with Gasteiger partial charge in [0.25, 0.3) is 0 Å². The SMILES string of the molecule is COc1cc(C(F)(F)F)c(CC(C)(C)N)cc1Br. The van der Waals surface area contributed by atoms with E-state index in [0.29, 0.717) is 4.47 Å². The normalized spacial score (nSPS) is 12.7. The molecule has 0 unspecified atom stereocenters. The number of hydrogen-bond acceptors (Lipinski definition) is 2. The van der Waals surface area contributed by atoms with E-state index >= 15 is 0 Å². The van der Waals surface area contributed by atoms with Crippen LogP contribution < -0.4 is 10.5 Å². The van der Waals surface area contributed by atoms with Crippen molar-refractivity contribution < 1.29 is 17.9 Å². The van der Waals surface area contributed by atoms with Gasteiger partial charge in [0.15, 0.2) is 0 Å². The van der Waals surface area contributed by atoms with Gasteiger partial charge in [-0.3, -0.25) is 0 Å². The first-order valence-corrected chi connectivity index (χ1v) is 6.06. The molecule has 0 radical (unpaired) electrons. The summed E-state index contributed by atoms with van der Waals surface area (Å²) in [5.74, 6) is 0.154. The van der Waals surface area contributed by atoms with E-state index in [0.717, 1.165) is 6.07 Å². The Hall–Kier alpha value is -0.750. The van der Waals surface area contributed by atoms with Crippen LogP contribution in [-0.2, 0) is 12.6 Å². The molecule has 0 spiro atoms. The third-order valence-electron chi connectivity index (χ3n) is 2.33. The molecule has 0 atom stereocenters. The van der Waals surface area contributed by atoms with Crippen LogP contribution in [0.25, 0.3) is 0 Å². The fraction of sp³-hybridized carbons (Fsp3) is 0.500. The monoisotopic (exact) mass is 325 g/mol. The Balaban J connectivity index is 3.35. The lowest BCUT2D eigenvalue weighted by Gasteiger charge is -2.22. The maximum absolute atomic E-state index is 13.0. The Morgan fingerprint density at radius 3 is 2.22 bits per heavy atom. The third-order valence-corrected chi connectivity index (χ3v) is 2.95. The second-order valence-electron chi connectivity index (χ2n) is 4.81. The fourth-order valence-corrected chi connectivity index (χ4v) is 2.20. The molecule has 0 aliphatic rings. The summed E-state index contributed by atoms with van der Waals surface area (Å²) >= 11 is 3.18. The van der Waals surface area contributed by atoms with Crippen LogP contribution in [0.3, 0.4) is 0 Å². The van der Waals surface area contributed by atoms with E-state index < -0.39 is 17.3 Å². The van der Waals surface area contributed by atoms with E-state index in [-0.39, 0.29) is 17.7 Å². The molecule has 0 aromatic heterocycles. The zero-order valence-corrected chi connectivity index (χ0v) is 11.9. The van der Waals surface area contributed by atoms with Crippen molar-refractivity contribution in [3.05, 3.63) is 27.7 Å². The smallest absolute Gasteiger partial charge is 0.416 e. The van der Waals surface area contributed by atoms with Crippen molar-refractivity contribution in [3.8, 4) is 5.75 Å². The van der Waals surface area contributed by atoms with Gasteiger partial charge in [-0.05, 0) is 53.9 Å². The van der Waals surface area contributed by atoms with Gasteiger partial charge in [0.05, 0.1) is 17.1 Å². The van der Waals surface area contributed by atoms with Gasteiger partial charge in [-0.1, -0.05) is 0 Å². The first-order chi connectivity index (χ1) is 8.04. The molecule has 1 aromatic rings. The average Bonchev–Trinajstić information content (AvgIpc) is 2.13. The van der Waals surface area contributed by atoms with Crippen LogP contribution in [0.5, 0.6) is 5.75 Å². The molecule has 0 saturated carbocycles. The van der Waals surface area contributed by atoms with E-state index in [1.54, 1.807) is 13.8 Å². The number of hydrogen-bond donors (Lipinski definition) is 1. The third kappa shape index (κ3) is 3.88. The van der Waals surface area contributed by atoms with Crippen LogP contribution in [0, 0.1) is 0 Å². The quantitative estimate of drug-likeness (QED) is 0.918. The number of halogens is 4. The summed E-state index contributed by atoms with van der Waals surface area (Å²) in [4.78, 5) is 0. The maximum atomic E-state index is 13.0. The Bertz CT molecular complexity index is 438. The number of ether oxygens (including phenoxy) is 1.